The predicted octanol–water partition coefficient (Wildman–Crippen LogP) is 0.519. The Bertz CT molecular complexity index is 521. The molecule has 0 aromatic heterocycles. The lowest BCUT2D eigenvalue weighted by molar-refractivity contribution is -0.137. The molecule has 0 aliphatic rings. The van der Waals surface area contributed by atoms with Crippen molar-refractivity contribution in [3.63, 3.8) is 0 Å². The van der Waals surface area contributed by atoms with E-state index in [0.717, 1.165) is 6.07 Å². The summed E-state index contributed by atoms with van der Waals surface area (Å²) in [6, 6.07) is 3.78. The summed E-state index contributed by atoms with van der Waals surface area (Å²) in [5.74, 6) is -3.05. The van der Waals surface area contributed by atoms with Gasteiger partial charge in [0.2, 0.25) is 5.91 Å². The topological polar surface area (TPSA) is 95.5 Å². The Morgan fingerprint density at radius 3 is 2.47 bits per heavy atom. The van der Waals surface area contributed by atoms with Gasteiger partial charge in [-0.1, -0.05) is 0 Å². The second-order valence-electron chi connectivity index (χ2n) is 3.48. The van der Waals surface area contributed by atoms with E-state index in [9.17, 15) is 18.8 Å². The van der Waals surface area contributed by atoms with Gasteiger partial charge in [-0.05, 0) is 34.1 Å². The molecule has 0 heterocycles. The number of carbonyl (C=O) groups is 3. The van der Waals surface area contributed by atoms with Crippen LogP contribution >= 0.6 is 15.9 Å². The van der Waals surface area contributed by atoms with Crippen LogP contribution in [-0.2, 0) is 9.59 Å². The van der Waals surface area contributed by atoms with E-state index in [1.807, 2.05) is 0 Å². The molecule has 1 aromatic rings. The number of halogens is 2. The molecule has 0 bridgehead atoms. The van der Waals surface area contributed by atoms with Gasteiger partial charge in [0.25, 0.3) is 5.91 Å². The highest BCUT2D eigenvalue weighted by molar-refractivity contribution is 9.10. The maximum atomic E-state index is 13.2. The van der Waals surface area contributed by atoms with Gasteiger partial charge in [-0.15, -0.1) is 0 Å². The summed E-state index contributed by atoms with van der Waals surface area (Å²) in [4.78, 5) is 32.9. The summed E-state index contributed by atoms with van der Waals surface area (Å²) in [6.45, 7) is -0.911. The molecule has 0 fully saturated rings. The Balaban J connectivity index is 2.49. The van der Waals surface area contributed by atoms with Gasteiger partial charge in [-0.2, -0.15) is 0 Å². The van der Waals surface area contributed by atoms with Gasteiger partial charge in [0.05, 0.1) is 11.0 Å². The standard InChI is InChI=1S/C11H10BrFN2O4/c12-7-2-1-6(3-8(7)13)11(19)15-4-9(16)14-5-10(17)18/h1-3H,4-5H2,(H,14,16)(H,15,19)(H,17,18). The molecule has 0 aliphatic heterocycles. The smallest absolute Gasteiger partial charge is 0.322 e. The average Bonchev–Trinajstić information content (AvgIpc) is 2.36. The zero-order valence-electron chi connectivity index (χ0n) is 9.57. The van der Waals surface area contributed by atoms with E-state index in [4.69, 9.17) is 5.11 Å². The number of aliphatic carboxylic acids is 1. The Labute approximate surface area is 116 Å². The van der Waals surface area contributed by atoms with Crippen molar-refractivity contribution in [2.45, 2.75) is 0 Å². The Kier molecular flexibility index (Phi) is 5.43. The molecular formula is C11H10BrFN2O4. The molecule has 0 radical (unpaired) electrons. The Hall–Kier alpha value is -1.96. The molecule has 0 saturated heterocycles. The minimum absolute atomic E-state index is 0.0618. The van der Waals surface area contributed by atoms with Gasteiger partial charge in [-0.25, -0.2) is 4.39 Å². The molecule has 8 heteroatoms. The van der Waals surface area contributed by atoms with Crippen molar-refractivity contribution in [2.75, 3.05) is 13.1 Å². The first-order valence-corrected chi connectivity index (χ1v) is 5.91. The largest absolute Gasteiger partial charge is 0.480 e. The first-order chi connectivity index (χ1) is 8.90. The van der Waals surface area contributed by atoms with Crippen LogP contribution in [0.5, 0.6) is 0 Å². The van der Waals surface area contributed by atoms with Crippen LogP contribution in [0.2, 0.25) is 0 Å². The molecule has 3 N–H and O–H groups in total. The molecule has 6 nitrogen and oxygen atoms in total. The molecule has 102 valence electrons. The van der Waals surface area contributed by atoms with Gasteiger partial charge in [-0.3, -0.25) is 14.4 Å². The maximum absolute atomic E-state index is 13.2. The number of rotatable bonds is 5. The van der Waals surface area contributed by atoms with Crippen molar-refractivity contribution in [3.05, 3.63) is 34.1 Å². The zero-order valence-corrected chi connectivity index (χ0v) is 11.2. The zero-order chi connectivity index (χ0) is 14.4. The molecule has 0 spiro atoms. The van der Waals surface area contributed by atoms with Crippen LogP contribution in [0.4, 0.5) is 4.39 Å². The maximum Gasteiger partial charge on any atom is 0.322 e. The summed E-state index contributed by atoms with van der Waals surface area (Å²) in [5, 5.41) is 12.6. The second kappa shape index (κ2) is 6.83. The summed E-state index contributed by atoms with van der Waals surface area (Å²) in [5.41, 5.74) is 0.0618. The van der Waals surface area contributed by atoms with Gasteiger partial charge in [0, 0.05) is 5.56 Å². The van der Waals surface area contributed by atoms with Crippen molar-refractivity contribution in [3.8, 4) is 0 Å². The van der Waals surface area contributed by atoms with Crippen LogP contribution in [0.15, 0.2) is 22.7 Å². The van der Waals surface area contributed by atoms with E-state index in [0.29, 0.717) is 0 Å². The first-order valence-electron chi connectivity index (χ1n) is 5.12. The number of carbonyl (C=O) groups excluding carboxylic acids is 2. The molecular weight excluding hydrogens is 323 g/mol. The third-order valence-electron chi connectivity index (χ3n) is 2.03. The summed E-state index contributed by atoms with van der Waals surface area (Å²) in [6.07, 6.45) is 0. The lowest BCUT2D eigenvalue weighted by Crippen LogP contribution is -2.39. The minimum atomic E-state index is -1.19. The molecule has 2 amide bonds. The average molecular weight is 333 g/mol. The molecule has 19 heavy (non-hydrogen) atoms. The number of hydrogen-bond donors (Lipinski definition) is 3. The van der Waals surface area contributed by atoms with E-state index >= 15 is 0 Å². The number of nitrogens with one attached hydrogen (secondary N) is 2. The fourth-order valence-corrected chi connectivity index (χ4v) is 1.38. The number of carboxylic acid groups (broad SMARTS) is 1. The Morgan fingerprint density at radius 1 is 1.21 bits per heavy atom. The normalized spacial score (nSPS) is 9.79. The lowest BCUT2D eigenvalue weighted by Gasteiger charge is -2.06. The van der Waals surface area contributed by atoms with E-state index in [-0.39, 0.29) is 16.6 Å². The molecule has 1 rings (SSSR count). The van der Waals surface area contributed by atoms with Gasteiger partial charge < -0.3 is 15.7 Å². The summed E-state index contributed by atoms with van der Waals surface area (Å²) in [7, 11) is 0. The van der Waals surface area contributed by atoms with Crippen LogP contribution in [0, 0.1) is 5.82 Å². The van der Waals surface area contributed by atoms with Crippen molar-refractivity contribution in [1.29, 1.82) is 0 Å². The number of hydrogen-bond acceptors (Lipinski definition) is 3. The van der Waals surface area contributed by atoms with Crippen molar-refractivity contribution >= 4 is 33.7 Å². The van der Waals surface area contributed by atoms with E-state index in [1.165, 1.54) is 12.1 Å². The second-order valence-corrected chi connectivity index (χ2v) is 4.34. The van der Waals surface area contributed by atoms with Gasteiger partial charge in [0.15, 0.2) is 0 Å². The third-order valence-corrected chi connectivity index (χ3v) is 2.67. The van der Waals surface area contributed by atoms with E-state index < -0.39 is 30.1 Å². The molecule has 0 saturated carbocycles. The molecule has 0 aliphatic carbocycles. The van der Waals surface area contributed by atoms with Crippen LogP contribution in [0.25, 0.3) is 0 Å². The number of carboxylic acids is 1. The fraction of sp³-hybridized carbons (Fsp3) is 0.182. The Morgan fingerprint density at radius 2 is 1.89 bits per heavy atom. The van der Waals surface area contributed by atoms with Crippen LogP contribution in [-0.4, -0.2) is 36.0 Å². The van der Waals surface area contributed by atoms with Crippen LogP contribution in [0.3, 0.4) is 0 Å². The predicted molar refractivity (Wildman–Crippen MR) is 67.1 cm³/mol. The fourth-order valence-electron chi connectivity index (χ4n) is 1.14. The molecule has 0 atom stereocenters. The highest BCUT2D eigenvalue weighted by Crippen LogP contribution is 2.16. The van der Waals surface area contributed by atoms with Crippen molar-refractivity contribution < 1.29 is 23.9 Å². The SMILES string of the molecule is O=C(O)CNC(=O)CNC(=O)c1ccc(Br)c(F)c1. The van der Waals surface area contributed by atoms with Crippen LogP contribution < -0.4 is 10.6 Å². The van der Waals surface area contributed by atoms with E-state index in [2.05, 4.69) is 26.6 Å². The number of benzene rings is 1. The molecule has 0 unspecified atom stereocenters. The lowest BCUT2D eigenvalue weighted by atomic mass is 10.2. The summed E-state index contributed by atoms with van der Waals surface area (Å²) < 4.78 is 13.4. The quantitative estimate of drug-likeness (QED) is 0.732. The monoisotopic (exact) mass is 332 g/mol. The number of amides is 2. The third kappa shape index (κ3) is 5.04. The van der Waals surface area contributed by atoms with Crippen molar-refractivity contribution in [1.82, 2.24) is 10.6 Å². The molecule has 1 aromatic carbocycles. The first kappa shape index (κ1) is 15.1. The highest BCUT2D eigenvalue weighted by atomic mass is 79.9. The van der Waals surface area contributed by atoms with Gasteiger partial charge in [0.1, 0.15) is 12.4 Å². The summed E-state index contributed by atoms with van der Waals surface area (Å²) >= 11 is 2.95. The van der Waals surface area contributed by atoms with Crippen molar-refractivity contribution in [2.24, 2.45) is 0 Å². The van der Waals surface area contributed by atoms with E-state index in [1.54, 1.807) is 0 Å². The van der Waals surface area contributed by atoms with Crippen LogP contribution in [0.1, 0.15) is 10.4 Å². The van der Waals surface area contributed by atoms with Gasteiger partial charge >= 0.3 is 5.97 Å². The minimum Gasteiger partial charge on any atom is -0.480 e. The highest BCUT2D eigenvalue weighted by Gasteiger charge is 2.10.